The van der Waals surface area contributed by atoms with Gasteiger partial charge < -0.3 is 10.2 Å². The largest absolute Gasteiger partial charge is 0.508 e. The van der Waals surface area contributed by atoms with Gasteiger partial charge in [-0.3, -0.25) is 0 Å². The normalized spacial score (nSPS) is 36.5. The van der Waals surface area contributed by atoms with Gasteiger partial charge in [-0.05, 0) is 85.6 Å². The first-order chi connectivity index (χ1) is 13.2. The Morgan fingerprint density at radius 2 is 2.04 bits per heavy atom. The lowest BCUT2D eigenvalue weighted by Gasteiger charge is -2.52. The summed E-state index contributed by atoms with van der Waals surface area (Å²) >= 11 is 0. The highest BCUT2D eigenvalue weighted by atomic mass is 28.3. The van der Waals surface area contributed by atoms with E-state index in [-0.39, 0.29) is 5.41 Å². The van der Waals surface area contributed by atoms with Crippen LogP contribution in [0.15, 0.2) is 30.9 Å². The number of hydrogen-bond acceptors (Lipinski definition) is 2. The molecule has 4 rings (SSSR count). The Morgan fingerprint density at radius 3 is 2.79 bits per heavy atom. The van der Waals surface area contributed by atoms with E-state index in [1.54, 1.807) is 0 Å². The number of aliphatic hydroxyl groups is 1. The van der Waals surface area contributed by atoms with Gasteiger partial charge in [0.2, 0.25) is 0 Å². The molecular weight excluding hydrogens is 360 g/mol. The van der Waals surface area contributed by atoms with Crippen LogP contribution in [0.1, 0.15) is 56.1 Å². The topological polar surface area (TPSA) is 40.5 Å². The van der Waals surface area contributed by atoms with E-state index >= 15 is 0 Å². The minimum absolute atomic E-state index is 0.103. The predicted octanol–water partition coefficient (Wildman–Crippen LogP) is 5.42. The molecule has 0 aliphatic heterocycles. The molecule has 3 aliphatic carbocycles. The number of phenols is 1. The van der Waals surface area contributed by atoms with Crippen LogP contribution in [0, 0.1) is 28.7 Å². The van der Waals surface area contributed by atoms with Gasteiger partial charge in [-0.2, -0.15) is 0 Å². The molecule has 2 nitrogen and oxygen atoms in total. The average Bonchev–Trinajstić information content (AvgIpc) is 2.91. The highest BCUT2D eigenvalue weighted by molar-refractivity contribution is 6.85. The van der Waals surface area contributed by atoms with Crippen LogP contribution < -0.4 is 0 Å². The Balaban J connectivity index is 1.63. The van der Waals surface area contributed by atoms with E-state index in [0.29, 0.717) is 23.5 Å². The minimum Gasteiger partial charge on any atom is -0.508 e. The summed E-state index contributed by atoms with van der Waals surface area (Å²) in [6.45, 7) is 10.7. The van der Waals surface area contributed by atoms with E-state index in [0.717, 1.165) is 38.1 Å². The molecule has 0 amide bonds. The van der Waals surface area contributed by atoms with E-state index in [2.05, 4.69) is 44.1 Å². The lowest BCUT2D eigenvalue weighted by atomic mass is 9.53. The first-order valence-electron chi connectivity index (χ1n) is 10.9. The second-order valence-corrected chi connectivity index (χ2v) is 14.7. The number of aromatic hydroxyl groups is 1. The van der Waals surface area contributed by atoms with Crippen molar-refractivity contribution in [3.05, 3.63) is 42.0 Å². The summed E-state index contributed by atoms with van der Waals surface area (Å²) < 4.78 is 0. The van der Waals surface area contributed by atoms with Gasteiger partial charge in [0.1, 0.15) is 19.4 Å². The summed E-state index contributed by atoms with van der Waals surface area (Å²) in [5.74, 6) is 5.56. The molecule has 3 heteroatoms. The molecule has 0 spiro atoms. The van der Waals surface area contributed by atoms with Crippen molar-refractivity contribution >= 4 is 8.07 Å². The van der Waals surface area contributed by atoms with Crippen molar-refractivity contribution in [2.24, 2.45) is 17.3 Å². The van der Waals surface area contributed by atoms with Crippen molar-refractivity contribution in [3.8, 4) is 17.2 Å². The van der Waals surface area contributed by atoms with Crippen molar-refractivity contribution < 1.29 is 10.2 Å². The molecule has 0 saturated heterocycles. The number of fused-ring (bicyclic) bond motifs is 5. The highest BCUT2D eigenvalue weighted by Crippen LogP contribution is 2.64. The smallest absolute Gasteiger partial charge is 0.136 e. The van der Waals surface area contributed by atoms with Crippen molar-refractivity contribution in [1.29, 1.82) is 0 Å². The summed E-state index contributed by atoms with van der Waals surface area (Å²) in [4.78, 5) is 0. The Kier molecular flexibility index (Phi) is 4.80. The van der Waals surface area contributed by atoms with E-state index in [1.165, 1.54) is 17.5 Å². The third-order valence-corrected chi connectivity index (χ3v) is 10.2. The maximum atomic E-state index is 11.7. The van der Waals surface area contributed by atoms with Crippen molar-refractivity contribution in [1.82, 2.24) is 0 Å². The van der Waals surface area contributed by atoms with Crippen LogP contribution in [-0.2, 0) is 6.42 Å². The molecule has 1 aromatic rings. The second-order valence-electron chi connectivity index (χ2n) is 10.3. The second kappa shape index (κ2) is 6.78. The maximum Gasteiger partial charge on any atom is 0.136 e. The fourth-order valence-electron chi connectivity index (χ4n) is 6.47. The summed E-state index contributed by atoms with van der Waals surface area (Å²) in [5.41, 5.74) is 5.36. The van der Waals surface area contributed by atoms with Gasteiger partial charge >= 0.3 is 0 Å². The molecule has 0 radical (unpaired) electrons. The molecule has 2 fully saturated rings. The van der Waals surface area contributed by atoms with Crippen molar-refractivity contribution in [2.75, 3.05) is 0 Å². The highest BCUT2D eigenvalue weighted by Gasteiger charge is 2.61. The Hall–Kier alpha value is -1.50. The molecular formula is C25H34O2Si. The first kappa shape index (κ1) is 19.8. The number of phenolic OH excluding ortho intramolecular Hbond substituents is 1. The van der Waals surface area contributed by atoms with E-state index < -0.39 is 13.7 Å². The fraction of sp³-hybridized carbons (Fsp3) is 0.600. The molecule has 150 valence electrons. The van der Waals surface area contributed by atoms with Gasteiger partial charge in [-0.1, -0.05) is 38.1 Å². The summed E-state index contributed by atoms with van der Waals surface area (Å²) in [7, 11) is -1.66. The van der Waals surface area contributed by atoms with Crippen LogP contribution in [0.5, 0.6) is 5.75 Å². The summed E-state index contributed by atoms with van der Waals surface area (Å²) in [6, 6.07) is 6.93. The van der Waals surface area contributed by atoms with Gasteiger partial charge in [0, 0.05) is 5.41 Å². The van der Waals surface area contributed by atoms with Crippen LogP contribution >= 0.6 is 0 Å². The maximum absolute atomic E-state index is 11.7. The fourth-order valence-corrected chi connectivity index (χ4v) is 7.84. The zero-order chi connectivity index (χ0) is 20.2. The zero-order valence-corrected chi connectivity index (χ0v) is 18.6. The van der Waals surface area contributed by atoms with Crippen molar-refractivity contribution in [3.63, 3.8) is 0 Å². The van der Waals surface area contributed by atoms with E-state index in [9.17, 15) is 10.2 Å². The predicted molar refractivity (Wildman–Crippen MR) is 118 cm³/mol. The third-order valence-electron chi connectivity index (χ3n) is 8.12. The van der Waals surface area contributed by atoms with Gasteiger partial charge in [-0.15, -0.1) is 12.1 Å². The molecule has 2 saturated carbocycles. The minimum atomic E-state index is -1.66. The molecule has 0 heterocycles. The van der Waals surface area contributed by atoms with E-state index in [4.69, 9.17) is 0 Å². The molecule has 0 unspecified atom stereocenters. The standard InChI is InChI=1S/C25H34O2Si/c1-5-15-28(3,4)16-14-25(27)13-11-23-22-8-6-18-17-19(26)7-9-20(18)21(22)10-12-24(23,25)2/h5,7,9,17,21-23,26-27H,1,6,8,10-13,15H2,2-4H3/t21-,22-,23+,24+,25-/m1/s1. The molecule has 5 atom stereocenters. The van der Waals surface area contributed by atoms with Gasteiger partial charge in [-0.25, -0.2) is 0 Å². The summed E-state index contributed by atoms with van der Waals surface area (Å²) in [6.07, 6.45) is 8.24. The molecule has 28 heavy (non-hydrogen) atoms. The quantitative estimate of drug-likeness (QED) is 0.400. The zero-order valence-electron chi connectivity index (χ0n) is 17.6. The van der Waals surface area contributed by atoms with Crippen LogP contribution in [0.25, 0.3) is 0 Å². The SMILES string of the molecule is C=CC[Si](C)(C)C#C[C@]1(O)CC[C@H]2[C@@H]3CCc4cc(O)ccc4[C@H]3CC[C@@]21C. The number of rotatable bonds is 2. The van der Waals surface area contributed by atoms with Gasteiger partial charge in [0.05, 0.1) is 0 Å². The Bertz CT molecular complexity index is 848. The molecule has 0 bridgehead atoms. The van der Waals surface area contributed by atoms with Crippen LogP contribution in [-0.4, -0.2) is 23.9 Å². The monoisotopic (exact) mass is 394 g/mol. The lowest BCUT2D eigenvalue weighted by molar-refractivity contribution is -0.0647. The number of allylic oxidation sites excluding steroid dienone is 1. The van der Waals surface area contributed by atoms with Crippen LogP contribution in [0.3, 0.4) is 0 Å². The van der Waals surface area contributed by atoms with E-state index in [1.807, 2.05) is 18.2 Å². The Morgan fingerprint density at radius 1 is 1.25 bits per heavy atom. The molecule has 2 N–H and O–H groups in total. The average molecular weight is 395 g/mol. The van der Waals surface area contributed by atoms with Crippen LogP contribution in [0.2, 0.25) is 19.1 Å². The first-order valence-corrected chi connectivity index (χ1v) is 14.1. The molecule has 1 aromatic carbocycles. The summed E-state index contributed by atoms with van der Waals surface area (Å²) in [5, 5.41) is 21.5. The third kappa shape index (κ3) is 3.06. The number of aryl methyl sites for hydroxylation is 1. The number of hydrogen-bond donors (Lipinski definition) is 2. The molecule has 3 aliphatic rings. The molecule has 0 aromatic heterocycles. The van der Waals surface area contributed by atoms with Gasteiger partial charge in [0.15, 0.2) is 0 Å². The lowest BCUT2D eigenvalue weighted by Crippen LogP contribution is -2.50. The number of benzene rings is 1. The Labute approximate surface area is 171 Å². The van der Waals surface area contributed by atoms with Crippen molar-refractivity contribution in [2.45, 2.75) is 76.1 Å². The van der Waals surface area contributed by atoms with Crippen LogP contribution in [0.4, 0.5) is 0 Å². The van der Waals surface area contributed by atoms with Gasteiger partial charge in [0.25, 0.3) is 0 Å².